The van der Waals surface area contributed by atoms with Crippen molar-refractivity contribution in [1.29, 1.82) is 0 Å². The maximum atomic E-state index is 13.7. The Kier molecular flexibility index (Phi) is 6.28. The molecule has 0 saturated heterocycles. The summed E-state index contributed by atoms with van der Waals surface area (Å²) < 4.78 is 29.8. The molecule has 0 spiro atoms. The van der Waals surface area contributed by atoms with Gasteiger partial charge in [-0.05, 0) is 66.8 Å². The standard InChI is InChI=1S/C25H23BrF2N6/c1-15-2-3-19(27)8-16(15)13-30-23-10-24(32-21-5-6-21)34-25(33-23)18(14-31-34)12-29-11-17-9-20(28)4-7-22(17)26/h2-4,7-10,12,14,21,32H,5-6,11,13H2,1H3,(H,30,33). The minimum absolute atomic E-state index is 0.263. The molecular weight excluding hydrogens is 502 g/mol. The van der Waals surface area contributed by atoms with Gasteiger partial charge in [-0.2, -0.15) is 9.61 Å². The van der Waals surface area contributed by atoms with Crippen molar-refractivity contribution in [2.75, 3.05) is 10.6 Å². The molecule has 0 radical (unpaired) electrons. The highest BCUT2D eigenvalue weighted by molar-refractivity contribution is 9.10. The van der Waals surface area contributed by atoms with E-state index in [2.05, 4.69) is 36.7 Å². The van der Waals surface area contributed by atoms with Gasteiger partial charge in [0, 0.05) is 29.3 Å². The SMILES string of the molecule is Cc1ccc(F)cc1CNc1cc(NC2CC2)n2ncc(C=NCc3cc(F)ccc3Br)c2n1. The normalized spacial score (nSPS) is 13.6. The molecule has 5 rings (SSSR count). The predicted molar refractivity (Wildman–Crippen MR) is 133 cm³/mol. The minimum atomic E-state index is -0.300. The van der Waals surface area contributed by atoms with E-state index in [4.69, 9.17) is 4.98 Å². The second kappa shape index (κ2) is 9.50. The highest BCUT2D eigenvalue weighted by Gasteiger charge is 2.23. The molecule has 1 aliphatic rings. The van der Waals surface area contributed by atoms with Crippen LogP contribution in [0.5, 0.6) is 0 Å². The molecule has 1 aliphatic carbocycles. The van der Waals surface area contributed by atoms with Crippen molar-refractivity contribution in [3.63, 3.8) is 0 Å². The molecule has 34 heavy (non-hydrogen) atoms. The number of hydrogen-bond donors (Lipinski definition) is 2. The van der Waals surface area contributed by atoms with Crippen LogP contribution in [0.3, 0.4) is 0 Å². The Morgan fingerprint density at radius 3 is 2.68 bits per heavy atom. The van der Waals surface area contributed by atoms with Crippen LogP contribution in [0.15, 0.2) is 58.1 Å². The number of aryl methyl sites for hydroxylation is 1. The molecule has 0 bridgehead atoms. The summed E-state index contributed by atoms with van der Waals surface area (Å²) in [6, 6.07) is 11.6. The number of aliphatic imine (C=N–C) groups is 1. The highest BCUT2D eigenvalue weighted by Crippen LogP contribution is 2.27. The smallest absolute Gasteiger partial charge is 0.168 e. The van der Waals surface area contributed by atoms with Gasteiger partial charge in [0.05, 0.1) is 18.3 Å². The Morgan fingerprint density at radius 2 is 1.88 bits per heavy atom. The molecule has 2 heterocycles. The predicted octanol–water partition coefficient (Wildman–Crippen LogP) is 5.88. The number of fused-ring (bicyclic) bond motifs is 1. The van der Waals surface area contributed by atoms with Crippen molar-refractivity contribution in [1.82, 2.24) is 14.6 Å². The number of benzene rings is 2. The van der Waals surface area contributed by atoms with Crippen LogP contribution in [0.2, 0.25) is 0 Å². The van der Waals surface area contributed by atoms with Crippen LogP contribution in [-0.4, -0.2) is 26.9 Å². The average Bonchev–Trinajstić information content (AvgIpc) is 3.54. The van der Waals surface area contributed by atoms with Crippen molar-refractivity contribution >= 4 is 39.4 Å². The Hall–Kier alpha value is -3.33. The van der Waals surface area contributed by atoms with E-state index in [1.54, 1.807) is 29.1 Å². The highest BCUT2D eigenvalue weighted by atomic mass is 79.9. The third-order valence-electron chi connectivity index (χ3n) is 5.70. The lowest BCUT2D eigenvalue weighted by atomic mass is 10.1. The second-order valence-corrected chi connectivity index (χ2v) is 9.26. The number of aromatic nitrogens is 3. The van der Waals surface area contributed by atoms with E-state index < -0.39 is 0 Å². The van der Waals surface area contributed by atoms with E-state index >= 15 is 0 Å². The zero-order valence-electron chi connectivity index (χ0n) is 18.5. The van der Waals surface area contributed by atoms with Gasteiger partial charge in [0.15, 0.2) is 5.65 Å². The zero-order chi connectivity index (χ0) is 23.7. The Morgan fingerprint density at radius 1 is 1.12 bits per heavy atom. The molecule has 1 fully saturated rings. The molecule has 4 aromatic rings. The number of nitrogens with one attached hydrogen (secondary N) is 2. The molecule has 9 heteroatoms. The summed E-state index contributed by atoms with van der Waals surface area (Å²) in [5.41, 5.74) is 4.02. The van der Waals surface area contributed by atoms with Crippen LogP contribution in [-0.2, 0) is 13.1 Å². The van der Waals surface area contributed by atoms with Crippen molar-refractivity contribution in [2.24, 2.45) is 4.99 Å². The first-order valence-corrected chi connectivity index (χ1v) is 11.8. The van der Waals surface area contributed by atoms with Gasteiger partial charge in [0.2, 0.25) is 0 Å². The van der Waals surface area contributed by atoms with E-state index in [1.165, 1.54) is 24.3 Å². The van der Waals surface area contributed by atoms with Gasteiger partial charge in [-0.15, -0.1) is 0 Å². The van der Waals surface area contributed by atoms with E-state index in [9.17, 15) is 8.78 Å². The summed E-state index contributed by atoms with van der Waals surface area (Å²) in [6.45, 7) is 2.72. The number of hydrogen-bond acceptors (Lipinski definition) is 5. The average molecular weight is 525 g/mol. The molecular formula is C25H23BrF2N6. The monoisotopic (exact) mass is 524 g/mol. The first kappa shape index (κ1) is 22.5. The lowest BCUT2D eigenvalue weighted by Gasteiger charge is -2.12. The number of halogens is 3. The fraction of sp³-hybridized carbons (Fsp3) is 0.240. The maximum absolute atomic E-state index is 13.7. The third kappa shape index (κ3) is 5.09. The largest absolute Gasteiger partial charge is 0.367 e. The Balaban J connectivity index is 1.42. The first-order chi connectivity index (χ1) is 16.5. The fourth-order valence-electron chi connectivity index (χ4n) is 3.62. The lowest BCUT2D eigenvalue weighted by Crippen LogP contribution is -2.10. The maximum Gasteiger partial charge on any atom is 0.168 e. The number of rotatable bonds is 8. The van der Waals surface area contributed by atoms with E-state index in [-0.39, 0.29) is 11.6 Å². The molecule has 1 saturated carbocycles. The van der Waals surface area contributed by atoms with Gasteiger partial charge >= 0.3 is 0 Å². The van der Waals surface area contributed by atoms with E-state index in [1.807, 2.05) is 13.0 Å². The van der Waals surface area contributed by atoms with Crippen molar-refractivity contribution in [3.8, 4) is 0 Å². The number of anilines is 2. The summed E-state index contributed by atoms with van der Waals surface area (Å²) in [5.74, 6) is 0.924. The molecule has 0 aliphatic heterocycles. The van der Waals surface area contributed by atoms with Crippen LogP contribution in [0, 0.1) is 18.6 Å². The minimum Gasteiger partial charge on any atom is -0.367 e. The van der Waals surface area contributed by atoms with Crippen molar-refractivity contribution < 1.29 is 8.78 Å². The summed E-state index contributed by atoms with van der Waals surface area (Å²) >= 11 is 3.43. The fourth-order valence-corrected chi connectivity index (χ4v) is 4.00. The Labute approximate surface area is 204 Å². The van der Waals surface area contributed by atoms with Crippen LogP contribution in [0.25, 0.3) is 5.65 Å². The van der Waals surface area contributed by atoms with Gasteiger partial charge in [0.25, 0.3) is 0 Å². The molecule has 2 N–H and O–H groups in total. The van der Waals surface area contributed by atoms with Gasteiger partial charge in [-0.3, -0.25) is 4.99 Å². The van der Waals surface area contributed by atoms with Gasteiger partial charge < -0.3 is 10.6 Å². The van der Waals surface area contributed by atoms with Crippen LogP contribution >= 0.6 is 15.9 Å². The molecule has 0 unspecified atom stereocenters. The van der Waals surface area contributed by atoms with Crippen molar-refractivity contribution in [2.45, 2.75) is 38.9 Å². The molecule has 6 nitrogen and oxygen atoms in total. The van der Waals surface area contributed by atoms with Crippen molar-refractivity contribution in [3.05, 3.63) is 87.0 Å². The van der Waals surface area contributed by atoms with Gasteiger partial charge in [-0.1, -0.05) is 22.0 Å². The molecule has 2 aromatic heterocycles. The van der Waals surface area contributed by atoms with Crippen LogP contribution in [0.4, 0.5) is 20.4 Å². The summed E-state index contributed by atoms with van der Waals surface area (Å²) in [5, 5.41) is 11.3. The lowest BCUT2D eigenvalue weighted by molar-refractivity contribution is 0.624. The molecule has 2 aromatic carbocycles. The van der Waals surface area contributed by atoms with E-state index in [0.29, 0.717) is 30.6 Å². The topological polar surface area (TPSA) is 66.6 Å². The number of nitrogens with zero attached hydrogens (tertiary/aromatic N) is 4. The summed E-state index contributed by atoms with van der Waals surface area (Å²) in [4.78, 5) is 9.23. The quantitative estimate of drug-likeness (QED) is 0.282. The van der Waals surface area contributed by atoms with Gasteiger partial charge in [0.1, 0.15) is 23.3 Å². The third-order valence-corrected chi connectivity index (χ3v) is 6.47. The molecule has 174 valence electrons. The van der Waals surface area contributed by atoms with Crippen LogP contribution in [0.1, 0.15) is 35.1 Å². The zero-order valence-corrected chi connectivity index (χ0v) is 20.1. The van der Waals surface area contributed by atoms with E-state index in [0.717, 1.165) is 45.4 Å². The molecule has 0 amide bonds. The molecule has 0 atom stereocenters. The Bertz CT molecular complexity index is 1380. The second-order valence-electron chi connectivity index (χ2n) is 8.41. The first-order valence-electron chi connectivity index (χ1n) is 11.0. The van der Waals surface area contributed by atoms with Crippen LogP contribution < -0.4 is 10.6 Å². The summed E-state index contributed by atoms with van der Waals surface area (Å²) in [6.07, 6.45) is 5.65. The summed E-state index contributed by atoms with van der Waals surface area (Å²) in [7, 11) is 0. The van der Waals surface area contributed by atoms with Gasteiger partial charge in [-0.25, -0.2) is 13.8 Å².